The molecule has 1 aromatic heterocycles. The van der Waals surface area contributed by atoms with Gasteiger partial charge in [-0.05, 0) is 18.6 Å². The van der Waals surface area contributed by atoms with Crippen LogP contribution in [0.4, 0.5) is 0 Å². The van der Waals surface area contributed by atoms with Gasteiger partial charge in [0.05, 0.1) is 5.69 Å². The molecular formula is C12H12ClN3S. The predicted octanol–water partition coefficient (Wildman–Crippen LogP) is 3.42. The first-order valence-corrected chi connectivity index (χ1v) is 6.59. The highest BCUT2D eigenvalue weighted by Gasteiger charge is 2.07. The van der Waals surface area contributed by atoms with Crippen molar-refractivity contribution < 1.29 is 0 Å². The van der Waals surface area contributed by atoms with E-state index >= 15 is 0 Å². The first-order chi connectivity index (χ1) is 8.33. The molecule has 1 aromatic carbocycles. The monoisotopic (exact) mass is 265 g/mol. The van der Waals surface area contributed by atoms with Gasteiger partial charge in [-0.2, -0.15) is 0 Å². The van der Waals surface area contributed by atoms with Crippen LogP contribution >= 0.6 is 23.4 Å². The summed E-state index contributed by atoms with van der Waals surface area (Å²) in [4.78, 5) is 0. The predicted molar refractivity (Wildman–Crippen MR) is 71.8 cm³/mol. The van der Waals surface area contributed by atoms with Crippen molar-refractivity contribution in [1.29, 1.82) is 0 Å². The Balaban J connectivity index is 2.27. The van der Waals surface area contributed by atoms with Gasteiger partial charge in [-0.25, -0.2) is 0 Å². The average molecular weight is 266 g/mol. The summed E-state index contributed by atoms with van der Waals surface area (Å²) in [6.07, 6.45) is 3.61. The summed E-state index contributed by atoms with van der Waals surface area (Å²) in [6.45, 7) is 2.07. The van der Waals surface area contributed by atoms with Crippen molar-refractivity contribution in [3.8, 4) is 5.69 Å². The van der Waals surface area contributed by atoms with Crippen molar-refractivity contribution >= 4 is 23.4 Å². The van der Waals surface area contributed by atoms with Crippen LogP contribution in [0.1, 0.15) is 5.56 Å². The number of nitrogens with zero attached hydrogens (tertiary/aromatic N) is 3. The molecule has 88 valence electrons. The zero-order chi connectivity index (χ0) is 12.1. The average Bonchev–Trinajstić information content (AvgIpc) is 2.78. The summed E-state index contributed by atoms with van der Waals surface area (Å²) in [5, 5.41) is 8.93. The Hall–Kier alpha value is -1.26. The summed E-state index contributed by atoms with van der Waals surface area (Å²) >= 11 is 7.09. The van der Waals surface area contributed by atoms with Crippen LogP contribution in [0.3, 0.4) is 0 Å². The van der Waals surface area contributed by atoms with E-state index in [2.05, 4.69) is 29.3 Å². The molecule has 0 N–H and O–H groups in total. The van der Waals surface area contributed by atoms with Crippen LogP contribution in [-0.2, 0) is 0 Å². The Kier molecular flexibility index (Phi) is 4.23. The molecule has 5 heteroatoms. The van der Waals surface area contributed by atoms with E-state index in [0.29, 0.717) is 0 Å². The minimum atomic E-state index is 0.786. The highest BCUT2D eigenvalue weighted by atomic mass is 35.5. The second-order valence-electron chi connectivity index (χ2n) is 3.44. The summed E-state index contributed by atoms with van der Waals surface area (Å²) in [7, 11) is 0. The van der Waals surface area contributed by atoms with Crippen LogP contribution in [-0.4, -0.2) is 20.5 Å². The molecular weight excluding hydrogens is 254 g/mol. The second kappa shape index (κ2) is 5.89. The maximum absolute atomic E-state index is 5.49. The van der Waals surface area contributed by atoms with Crippen LogP contribution < -0.4 is 0 Å². The lowest BCUT2D eigenvalue weighted by Gasteiger charge is -2.08. The van der Waals surface area contributed by atoms with E-state index in [1.54, 1.807) is 18.1 Å². The molecule has 0 unspecified atom stereocenters. The molecule has 0 aliphatic carbocycles. The Morgan fingerprint density at radius 2 is 2.24 bits per heavy atom. The van der Waals surface area contributed by atoms with Crippen molar-refractivity contribution in [2.24, 2.45) is 0 Å². The number of para-hydroxylation sites is 1. The van der Waals surface area contributed by atoms with Crippen molar-refractivity contribution in [3.63, 3.8) is 0 Å². The number of hydrogen-bond donors (Lipinski definition) is 0. The van der Waals surface area contributed by atoms with E-state index in [-0.39, 0.29) is 0 Å². The molecule has 2 rings (SSSR count). The van der Waals surface area contributed by atoms with Crippen LogP contribution in [0.2, 0.25) is 0 Å². The van der Waals surface area contributed by atoms with Crippen LogP contribution in [0.25, 0.3) is 5.69 Å². The standard InChI is InChI=1S/C12H12ClN3S/c1-10-5-2-3-6-11(10)16-9-14-15-12(16)17-8-4-7-13/h2-7,9H,8H2,1H3/b7-4+. The van der Waals surface area contributed by atoms with Crippen LogP contribution in [0.5, 0.6) is 0 Å². The number of thioether (sulfide) groups is 1. The summed E-state index contributed by atoms with van der Waals surface area (Å²) in [5.74, 6) is 0.786. The fourth-order valence-electron chi connectivity index (χ4n) is 1.48. The van der Waals surface area contributed by atoms with E-state index < -0.39 is 0 Å². The van der Waals surface area contributed by atoms with Gasteiger partial charge in [-0.3, -0.25) is 4.57 Å². The van der Waals surface area contributed by atoms with E-state index in [0.717, 1.165) is 16.6 Å². The van der Waals surface area contributed by atoms with Crippen LogP contribution in [0.15, 0.2) is 47.4 Å². The molecule has 0 radical (unpaired) electrons. The third kappa shape index (κ3) is 2.90. The van der Waals surface area contributed by atoms with E-state index in [9.17, 15) is 0 Å². The number of benzene rings is 1. The first-order valence-electron chi connectivity index (χ1n) is 5.17. The highest BCUT2D eigenvalue weighted by molar-refractivity contribution is 7.99. The fraction of sp³-hybridized carbons (Fsp3) is 0.167. The summed E-state index contributed by atoms with van der Waals surface area (Å²) < 4.78 is 1.99. The van der Waals surface area contributed by atoms with Gasteiger partial charge < -0.3 is 0 Å². The van der Waals surface area contributed by atoms with Gasteiger partial charge in [0.15, 0.2) is 5.16 Å². The molecule has 17 heavy (non-hydrogen) atoms. The van der Waals surface area contributed by atoms with Crippen molar-refractivity contribution in [1.82, 2.24) is 14.8 Å². The lowest BCUT2D eigenvalue weighted by Crippen LogP contribution is -1.97. The number of halogens is 1. The minimum Gasteiger partial charge on any atom is -0.276 e. The number of aromatic nitrogens is 3. The molecule has 0 spiro atoms. The summed E-state index contributed by atoms with van der Waals surface area (Å²) in [5.41, 5.74) is 3.82. The zero-order valence-electron chi connectivity index (χ0n) is 9.38. The Labute approximate surface area is 110 Å². The van der Waals surface area contributed by atoms with Gasteiger partial charge in [-0.1, -0.05) is 47.6 Å². The molecule has 0 fully saturated rings. The highest BCUT2D eigenvalue weighted by Crippen LogP contribution is 2.21. The quantitative estimate of drug-likeness (QED) is 0.794. The Bertz CT molecular complexity index is 522. The van der Waals surface area contributed by atoms with Gasteiger partial charge >= 0.3 is 0 Å². The molecule has 0 bridgehead atoms. The maximum atomic E-state index is 5.49. The Morgan fingerprint density at radius 3 is 3.00 bits per heavy atom. The van der Waals surface area contributed by atoms with Gasteiger partial charge in [0.2, 0.25) is 0 Å². The van der Waals surface area contributed by atoms with Gasteiger partial charge in [-0.15, -0.1) is 10.2 Å². The molecule has 0 atom stereocenters. The Morgan fingerprint density at radius 1 is 1.41 bits per heavy atom. The first kappa shape index (κ1) is 12.2. The maximum Gasteiger partial charge on any atom is 0.195 e. The lowest BCUT2D eigenvalue weighted by molar-refractivity contribution is 0.879. The van der Waals surface area contributed by atoms with Gasteiger partial charge in [0.1, 0.15) is 6.33 Å². The largest absolute Gasteiger partial charge is 0.276 e. The second-order valence-corrected chi connectivity index (χ2v) is 4.68. The number of hydrogen-bond acceptors (Lipinski definition) is 3. The minimum absolute atomic E-state index is 0.786. The molecule has 0 saturated heterocycles. The molecule has 0 aliphatic heterocycles. The van der Waals surface area contributed by atoms with E-state index in [1.807, 2.05) is 22.8 Å². The number of rotatable bonds is 4. The molecule has 0 aliphatic rings. The lowest BCUT2D eigenvalue weighted by atomic mass is 10.2. The number of aryl methyl sites for hydroxylation is 1. The third-order valence-electron chi connectivity index (χ3n) is 2.29. The van der Waals surface area contributed by atoms with Crippen LogP contribution in [0, 0.1) is 6.92 Å². The van der Waals surface area contributed by atoms with Gasteiger partial charge in [0.25, 0.3) is 0 Å². The molecule has 3 nitrogen and oxygen atoms in total. The molecule has 0 amide bonds. The normalized spacial score (nSPS) is 11.2. The fourth-order valence-corrected chi connectivity index (χ4v) is 2.41. The molecule has 1 heterocycles. The van der Waals surface area contributed by atoms with E-state index in [4.69, 9.17) is 11.6 Å². The summed E-state index contributed by atoms with van der Waals surface area (Å²) in [6, 6.07) is 8.16. The van der Waals surface area contributed by atoms with Crippen molar-refractivity contribution in [2.75, 3.05) is 5.75 Å². The zero-order valence-corrected chi connectivity index (χ0v) is 10.9. The third-order valence-corrected chi connectivity index (χ3v) is 3.36. The van der Waals surface area contributed by atoms with Crippen molar-refractivity contribution in [3.05, 3.63) is 47.8 Å². The topological polar surface area (TPSA) is 30.7 Å². The SMILES string of the molecule is Cc1ccccc1-n1cnnc1SC/C=C/Cl. The van der Waals surface area contributed by atoms with Crippen molar-refractivity contribution in [2.45, 2.75) is 12.1 Å². The molecule has 2 aromatic rings. The smallest absolute Gasteiger partial charge is 0.195 e. The molecule has 0 saturated carbocycles. The van der Waals surface area contributed by atoms with Gasteiger partial charge in [0, 0.05) is 11.3 Å². The van der Waals surface area contributed by atoms with E-state index in [1.165, 1.54) is 11.1 Å².